The molecule has 0 spiro atoms. The number of hydrogen-bond acceptors (Lipinski definition) is 4. The highest BCUT2D eigenvalue weighted by Gasteiger charge is 2.23. The van der Waals surface area contributed by atoms with E-state index in [4.69, 9.17) is 4.74 Å². The molecule has 0 bridgehead atoms. The van der Waals surface area contributed by atoms with Crippen LogP contribution < -0.4 is 10.6 Å². The molecule has 18 heavy (non-hydrogen) atoms. The van der Waals surface area contributed by atoms with E-state index < -0.39 is 6.04 Å². The highest BCUT2D eigenvalue weighted by Crippen LogP contribution is 2.12. The topological polar surface area (TPSA) is 68.2 Å². The molecular formula is C12H22N4O2. The van der Waals surface area contributed by atoms with Gasteiger partial charge in [-0.3, -0.25) is 9.48 Å². The van der Waals surface area contributed by atoms with Gasteiger partial charge in [-0.15, -0.1) is 0 Å². The average molecular weight is 254 g/mol. The maximum absolute atomic E-state index is 12.1. The number of nitrogens with one attached hydrogen (secondary N) is 2. The lowest BCUT2D eigenvalue weighted by atomic mass is 10.1. The van der Waals surface area contributed by atoms with E-state index in [0.717, 1.165) is 5.56 Å². The maximum atomic E-state index is 12.1. The Morgan fingerprint density at radius 1 is 1.61 bits per heavy atom. The number of ether oxygens (including phenoxy) is 1. The molecule has 0 saturated carbocycles. The minimum atomic E-state index is -0.397. The molecule has 6 heteroatoms. The molecule has 1 atom stereocenters. The van der Waals surface area contributed by atoms with Gasteiger partial charge in [0, 0.05) is 32.5 Å². The molecule has 1 heterocycles. The summed E-state index contributed by atoms with van der Waals surface area (Å²) >= 11 is 0. The van der Waals surface area contributed by atoms with Crippen LogP contribution in [0.25, 0.3) is 0 Å². The predicted molar refractivity (Wildman–Crippen MR) is 69.1 cm³/mol. The van der Waals surface area contributed by atoms with Crippen LogP contribution in [0.4, 0.5) is 0 Å². The number of aromatic nitrogens is 2. The van der Waals surface area contributed by atoms with Crippen molar-refractivity contribution in [3.63, 3.8) is 0 Å². The number of amides is 1. The summed E-state index contributed by atoms with van der Waals surface area (Å²) in [5.74, 6) is -0.0874. The molecule has 0 aliphatic carbocycles. The Hall–Kier alpha value is -1.40. The summed E-state index contributed by atoms with van der Waals surface area (Å²) < 4.78 is 6.93. The SMILES string of the molecule is CNC(C(=O)NCC(C)(C)OC)c1cnn(C)c1. The third kappa shape index (κ3) is 3.82. The zero-order valence-corrected chi connectivity index (χ0v) is 11.7. The molecule has 102 valence electrons. The van der Waals surface area contributed by atoms with Gasteiger partial charge < -0.3 is 15.4 Å². The number of nitrogens with zero attached hydrogens (tertiary/aromatic N) is 2. The van der Waals surface area contributed by atoms with E-state index in [-0.39, 0.29) is 11.5 Å². The number of methoxy groups -OCH3 is 1. The van der Waals surface area contributed by atoms with E-state index in [1.807, 2.05) is 27.1 Å². The number of carbonyl (C=O) groups excluding carboxylic acids is 1. The van der Waals surface area contributed by atoms with Gasteiger partial charge in [-0.25, -0.2) is 0 Å². The Balaban J connectivity index is 2.64. The molecular weight excluding hydrogens is 232 g/mol. The van der Waals surface area contributed by atoms with Crippen molar-refractivity contribution in [1.82, 2.24) is 20.4 Å². The lowest BCUT2D eigenvalue weighted by Gasteiger charge is -2.24. The summed E-state index contributed by atoms with van der Waals surface area (Å²) in [5.41, 5.74) is 0.468. The predicted octanol–water partition coefficient (Wildman–Crippen LogP) is 0.222. The maximum Gasteiger partial charge on any atom is 0.241 e. The third-order valence-electron chi connectivity index (χ3n) is 2.85. The summed E-state index contributed by atoms with van der Waals surface area (Å²) in [4.78, 5) is 12.1. The quantitative estimate of drug-likeness (QED) is 0.762. The summed E-state index contributed by atoms with van der Waals surface area (Å²) in [7, 11) is 5.20. The Bertz CT molecular complexity index is 401. The molecule has 0 aliphatic rings. The van der Waals surface area contributed by atoms with Crippen molar-refractivity contribution < 1.29 is 9.53 Å². The number of rotatable bonds is 6. The van der Waals surface area contributed by atoms with Gasteiger partial charge in [0.1, 0.15) is 6.04 Å². The van der Waals surface area contributed by atoms with Crippen molar-refractivity contribution in [2.24, 2.45) is 7.05 Å². The second-order valence-corrected chi connectivity index (χ2v) is 4.85. The summed E-state index contributed by atoms with van der Waals surface area (Å²) in [6.07, 6.45) is 3.50. The molecule has 2 N–H and O–H groups in total. The number of carbonyl (C=O) groups is 1. The van der Waals surface area contributed by atoms with Gasteiger partial charge >= 0.3 is 0 Å². The first kappa shape index (κ1) is 14.7. The smallest absolute Gasteiger partial charge is 0.241 e. The van der Waals surface area contributed by atoms with Gasteiger partial charge in [-0.1, -0.05) is 0 Å². The van der Waals surface area contributed by atoms with Gasteiger partial charge in [-0.05, 0) is 20.9 Å². The van der Waals surface area contributed by atoms with Gasteiger partial charge in [0.2, 0.25) is 5.91 Å². The van der Waals surface area contributed by atoms with Crippen LogP contribution in [0.15, 0.2) is 12.4 Å². The summed E-state index contributed by atoms with van der Waals surface area (Å²) in [5, 5.41) is 9.91. The van der Waals surface area contributed by atoms with Crippen LogP contribution in [0.2, 0.25) is 0 Å². The van der Waals surface area contributed by atoms with Crippen LogP contribution >= 0.6 is 0 Å². The first-order chi connectivity index (χ1) is 8.39. The Kier molecular flexibility index (Phi) is 4.86. The Morgan fingerprint density at radius 2 is 2.28 bits per heavy atom. The first-order valence-corrected chi connectivity index (χ1v) is 5.88. The minimum Gasteiger partial charge on any atom is -0.377 e. The van der Waals surface area contributed by atoms with Crippen LogP contribution in [0, 0.1) is 0 Å². The summed E-state index contributed by atoms with van der Waals surface area (Å²) in [6, 6.07) is -0.397. The fraction of sp³-hybridized carbons (Fsp3) is 0.667. The average Bonchev–Trinajstić information content (AvgIpc) is 2.74. The largest absolute Gasteiger partial charge is 0.377 e. The third-order valence-corrected chi connectivity index (χ3v) is 2.85. The zero-order chi connectivity index (χ0) is 13.8. The van der Waals surface area contributed by atoms with Crippen molar-refractivity contribution in [3.8, 4) is 0 Å². The van der Waals surface area contributed by atoms with E-state index in [2.05, 4.69) is 15.7 Å². The summed E-state index contributed by atoms with van der Waals surface area (Å²) in [6.45, 7) is 4.30. The molecule has 0 aromatic carbocycles. The standard InChI is InChI=1S/C12H22N4O2/c1-12(2,18-5)8-14-11(17)10(13-3)9-6-15-16(4)7-9/h6-7,10,13H,8H2,1-5H3,(H,14,17). The van der Waals surface area contributed by atoms with Crippen molar-refractivity contribution in [1.29, 1.82) is 0 Å². The number of likely N-dealkylation sites (N-methyl/N-ethyl adjacent to an activating group) is 1. The van der Waals surface area contributed by atoms with E-state index in [0.29, 0.717) is 6.54 Å². The molecule has 1 rings (SSSR count). The van der Waals surface area contributed by atoms with Crippen molar-refractivity contribution in [3.05, 3.63) is 18.0 Å². The fourth-order valence-electron chi connectivity index (χ4n) is 1.51. The Labute approximate surface area is 108 Å². The fourth-order valence-corrected chi connectivity index (χ4v) is 1.51. The molecule has 0 aliphatic heterocycles. The molecule has 6 nitrogen and oxygen atoms in total. The second kappa shape index (κ2) is 5.97. The molecule has 1 aromatic heterocycles. The Morgan fingerprint density at radius 3 is 2.72 bits per heavy atom. The lowest BCUT2D eigenvalue weighted by Crippen LogP contribution is -2.43. The van der Waals surface area contributed by atoms with Crippen LogP contribution in [0.5, 0.6) is 0 Å². The molecule has 1 unspecified atom stereocenters. The molecule has 0 radical (unpaired) electrons. The van der Waals surface area contributed by atoms with E-state index in [9.17, 15) is 4.79 Å². The van der Waals surface area contributed by atoms with Gasteiger partial charge in [0.05, 0.1) is 11.8 Å². The molecule has 1 amide bonds. The van der Waals surface area contributed by atoms with Gasteiger partial charge in [-0.2, -0.15) is 5.10 Å². The van der Waals surface area contributed by atoms with E-state index in [1.165, 1.54) is 0 Å². The van der Waals surface area contributed by atoms with E-state index >= 15 is 0 Å². The molecule has 1 aromatic rings. The van der Waals surface area contributed by atoms with Gasteiger partial charge in [0.25, 0.3) is 0 Å². The van der Waals surface area contributed by atoms with Crippen LogP contribution in [-0.2, 0) is 16.6 Å². The zero-order valence-electron chi connectivity index (χ0n) is 11.7. The van der Waals surface area contributed by atoms with Gasteiger partial charge in [0.15, 0.2) is 0 Å². The number of hydrogen-bond donors (Lipinski definition) is 2. The highest BCUT2D eigenvalue weighted by molar-refractivity contribution is 5.83. The number of aryl methyl sites for hydroxylation is 1. The second-order valence-electron chi connectivity index (χ2n) is 4.85. The van der Waals surface area contributed by atoms with Crippen molar-refractivity contribution in [2.45, 2.75) is 25.5 Å². The van der Waals surface area contributed by atoms with E-state index in [1.54, 1.807) is 25.0 Å². The van der Waals surface area contributed by atoms with Crippen LogP contribution in [0.1, 0.15) is 25.5 Å². The van der Waals surface area contributed by atoms with Crippen LogP contribution in [0.3, 0.4) is 0 Å². The van der Waals surface area contributed by atoms with Crippen molar-refractivity contribution >= 4 is 5.91 Å². The first-order valence-electron chi connectivity index (χ1n) is 5.88. The minimum absolute atomic E-state index is 0.0874. The van der Waals surface area contributed by atoms with Crippen molar-refractivity contribution in [2.75, 3.05) is 20.7 Å². The molecule has 0 fully saturated rings. The van der Waals surface area contributed by atoms with Crippen LogP contribution in [-0.4, -0.2) is 42.0 Å². The normalized spacial score (nSPS) is 13.4. The lowest BCUT2D eigenvalue weighted by molar-refractivity contribution is -0.124. The molecule has 0 saturated heterocycles. The monoisotopic (exact) mass is 254 g/mol. The highest BCUT2D eigenvalue weighted by atomic mass is 16.5.